The second-order valence-corrected chi connectivity index (χ2v) is 4.64. The molecule has 2 atom stereocenters. The molecule has 2 nitrogen and oxygen atoms in total. The van der Waals surface area contributed by atoms with Crippen molar-refractivity contribution in [3.8, 4) is 0 Å². The summed E-state index contributed by atoms with van der Waals surface area (Å²) in [5, 5.41) is 14.9. The second-order valence-electron chi connectivity index (χ2n) is 3.60. The summed E-state index contributed by atoms with van der Waals surface area (Å²) in [5.41, 5.74) is 0. The Morgan fingerprint density at radius 1 is 1.54 bits per heavy atom. The highest BCUT2D eigenvalue weighted by molar-refractivity contribution is 7.09. The van der Waals surface area contributed by atoms with Crippen molar-refractivity contribution >= 4 is 11.3 Å². The van der Waals surface area contributed by atoms with E-state index in [9.17, 15) is 5.11 Å². The summed E-state index contributed by atoms with van der Waals surface area (Å²) in [7, 11) is 0. The molecular formula is C10H15NOS. The summed E-state index contributed by atoms with van der Waals surface area (Å²) < 4.78 is 0. The largest absolute Gasteiger partial charge is 0.391 e. The Morgan fingerprint density at radius 2 is 2.46 bits per heavy atom. The van der Waals surface area contributed by atoms with Gasteiger partial charge in [0.1, 0.15) is 0 Å². The van der Waals surface area contributed by atoms with Crippen LogP contribution in [0.2, 0.25) is 0 Å². The van der Waals surface area contributed by atoms with Gasteiger partial charge in [-0.05, 0) is 30.2 Å². The first-order valence-corrected chi connectivity index (χ1v) is 5.65. The van der Waals surface area contributed by atoms with Crippen LogP contribution in [0, 0.1) is 5.92 Å². The number of aliphatic hydroxyl groups is 1. The molecule has 0 aromatic carbocycles. The summed E-state index contributed by atoms with van der Waals surface area (Å²) in [6, 6.07) is 4.25. The number of hydrogen-bond donors (Lipinski definition) is 2. The summed E-state index contributed by atoms with van der Waals surface area (Å²) >= 11 is 1.81. The molecular weight excluding hydrogens is 182 g/mol. The van der Waals surface area contributed by atoms with E-state index in [0.717, 1.165) is 25.9 Å². The molecule has 2 heterocycles. The minimum absolute atomic E-state index is 0.125. The van der Waals surface area contributed by atoms with Gasteiger partial charge in [0, 0.05) is 18.0 Å². The van der Waals surface area contributed by atoms with Crippen LogP contribution < -0.4 is 5.32 Å². The first kappa shape index (κ1) is 9.19. The van der Waals surface area contributed by atoms with Gasteiger partial charge in [-0.25, -0.2) is 0 Å². The van der Waals surface area contributed by atoms with Crippen LogP contribution in [0.25, 0.3) is 0 Å². The molecule has 0 amide bonds. The molecule has 0 aliphatic carbocycles. The van der Waals surface area contributed by atoms with Crippen molar-refractivity contribution in [1.29, 1.82) is 0 Å². The topological polar surface area (TPSA) is 32.3 Å². The first-order chi connectivity index (χ1) is 6.36. The Labute approximate surface area is 82.6 Å². The van der Waals surface area contributed by atoms with Crippen LogP contribution in [0.15, 0.2) is 17.5 Å². The molecule has 1 saturated heterocycles. The maximum Gasteiger partial charge on any atom is 0.0704 e. The van der Waals surface area contributed by atoms with E-state index in [1.165, 1.54) is 4.88 Å². The third kappa shape index (κ3) is 2.30. The standard InChI is InChI=1S/C10H15NOS/c12-10-7-11-6-8(10)3-4-9-2-1-5-13-9/h1-2,5,8,10-12H,3-4,6-7H2. The zero-order valence-electron chi connectivity index (χ0n) is 7.57. The number of thiophene rings is 1. The van der Waals surface area contributed by atoms with Gasteiger partial charge in [-0.15, -0.1) is 11.3 Å². The number of hydrogen-bond acceptors (Lipinski definition) is 3. The van der Waals surface area contributed by atoms with E-state index in [0.29, 0.717) is 5.92 Å². The van der Waals surface area contributed by atoms with Crippen LogP contribution in [0.5, 0.6) is 0 Å². The smallest absolute Gasteiger partial charge is 0.0704 e. The summed E-state index contributed by atoms with van der Waals surface area (Å²) in [4.78, 5) is 1.43. The molecule has 0 spiro atoms. The van der Waals surface area contributed by atoms with Gasteiger partial charge < -0.3 is 10.4 Å². The first-order valence-electron chi connectivity index (χ1n) is 4.77. The van der Waals surface area contributed by atoms with Crippen molar-refractivity contribution in [3.05, 3.63) is 22.4 Å². The lowest BCUT2D eigenvalue weighted by molar-refractivity contribution is 0.143. The van der Waals surface area contributed by atoms with Gasteiger partial charge in [0.15, 0.2) is 0 Å². The normalized spacial score (nSPS) is 28.1. The molecule has 3 heteroatoms. The van der Waals surface area contributed by atoms with Gasteiger partial charge in [0.25, 0.3) is 0 Å². The summed E-state index contributed by atoms with van der Waals surface area (Å²) in [5.74, 6) is 0.460. The molecule has 1 aliphatic rings. The highest BCUT2D eigenvalue weighted by atomic mass is 32.1. The van der Waals surface area contributed by atoms with E-state index in [4.69, 9.17) is 0 Å². The molecule has 1 fully saturated rings. The fourth-order valence-electron chi connectivity index (χ4n) is 1.80. The molecule has 0 radical (unpaired) electrons. The molecule has 2 rings (SSSR count). The summed E-state index contributed by atoms with van der Waals surface area (Å²) in [6.07, 6.45) is 2.09. The van der Waals surface area contributed by atoms with Crippen LogP contribution in [-0.4, -0.2) is 24.3 Å². The zero-order valence-corrected chi connectivity index (χ0v) is 8.39. The Kier molecular flexibility index (Phi) is 2.98. The number of aliphatic hydroxyl groups excluding tert-OH is 1. The molecule has 0 bridgehead atoms. The minimum atomic E-state index is -0.125. The Hall–Kier alpha value is -0.380. The average Bonchev–Trinajstić information content (AvgIpc) is 2.72. The lowest BCUT2D eigenvalue weighted by Gasteiger charge is -2.11. The van der Waals surface area contributed by atoms with Crippen molar-refractivity contribution in [2.45, 2.75) is 18.9 Å². The van der Waals surface area contributed by atoms with E-state index < -0.39 is 0 Å². The summed E-state index contributed by atoms with van der Waals surface area (Å²) in [6.45, 7) is 1.75. The van der Waals surface area contributed by atoms with Crippen molar-refractivity contribution in [1.82, 2.24) is 5.32 Å². The maximum absolute atomic E-state index is 9.56. The van der Waals surface area contributed by atoms with Crippen molar-refractivity contribution in [2.24, 2.45) is 5.92 Å². The van der Waals surface area contributed by atoms with Gasteiger partial charge in [-0.3, -0.25) is 0 Å². The monoisotopic (exact) mass is 197 g/mol. The second kappa shape index (κ2) is 4.22. The molecule has 1 aromatic rings. The number of rotatable bonds is 3. The van der Waals surface area contributed by atoms with Gasteiger partial charge in [-0.1, -0.05) is 6.07 Å². The van der Waals surface area contributed by atoms with Crippen LogP contribution in [0.1, 0.15) is 11.3 Å². The van der Waals surface area contributed by atoms with E-state index >= 15 is 0 Å². The molecule has 2 unspecified atom stereocenters. The van der Waals surface area contributed by atoms with E-state index in [2.05, 4.69) is 22.8 Å². The van der Waals surface area contributed by atoms with Gasteiger partial charge in [-0.2, -0.15) is 0 Å². The SMILES string of the molecule is OC1CNCC1CCc1cccs1. The molecule has 13 heavy (non-hydrogen) atoms. The molecule has 1 aromatic heterocycles. The fourth-order valence-corrected chi connectivity index (χ4v) is 2.52. The van der Waals surface area contributed by atoms with Crippen LogP contribution >= 0.6 is 11.3 Å². The molecule has 1 aliphatic heterocycles. The minimum Gasteiger partial charge on any atom is -0.391 e. The number of nitrogens with one attached hydrogen (secondary N) is 1. The molecule has 2 N–H and O–H groups in total. The zero-order chi connectivity index (χ0) is 9.10. The van der Waals surface area contributed by atoms with E-state index in [1.54, 1.807) is 11.3 Å². The predicted molar refractivity (Wildman–Crippen MR) is 55.0 cm³/mol. The molecule has 72 valence electrons. The van der Waals surface area contributed by atoms with Gasteiger partial charge >= 0.3 is 0 Å². The van der Waals surface area contributed by atoms with E-state index in [1.807, 2.05) is 0 Å². The van der Waals surface area contributed by atoms with Crippen LogP contribution in [-0.2, 0) is 6.42 Å². The van der Waals surface area contributed by atoms with Gasteiger partial charge in [0.05, 0.1) is 6.10 Å². The Bertz CT molecular complexity index is 247. The fraction of sp³-hybridized carbons (Fsp3) is 0.600. The predicted octanol–water partition coefficient (Wildman–Crippen LogP) is 1.26. The highest BCUT2D eigenvalue weighted by Crippen LogP contribution is 2.18. The number of β-amino-alcohol motifs (C(OH)–C–C–N with tert-alkyl or cyclic N) is 1. The quantitative estimate of drug-likeness (QED) is 0.764. The highest BCUT2D eigenvalue weighted by Gasteiger charge is 2.24. The van der Waals surface area contributed by atoms with E-state index in [-0.39, 0.29) is 6.10 Å². The van der Waals surface area contributed by atoms with Crippen molar-refractivity contribution < 1.29 is 5.11 Å². The third-order valence-corrected chi connectivity index (χ3v) is 3.58. The molecule has 0 saturated carbocycles. The van der Waals surface area contributed by atoms with Crippen molar-refractivity contribution in [3.63, 3.8) is 0 Å². The maximum atomic E-state index is 9.56. The van der Waals surface area contributed by atoms with Crippen LogP contribution in [0.4, 0.5) is 0 Å². The Balaban J connectivity index is 1.79. The van der Waals surface area contributed by atoms with Crippen molar-refractivity contribution in [2.75, 3.05) is 13.1 Å². The number of aryl methyl sites for hydroxylation is 1. The van der Waals surface area contributed by atoms with Crippen LogP contribution in [0.3, 0.4) is 0 Å². The Morgan fingerprint density at radius 3 is 3.08 bits per heavy atom. The lowest BCUT2D eigenvalue weighted by Crippen LogP contribution is -2.18. The third-order valence-electron chi connectivity index (χ3n) is 2.65. The average molecular weight is 197 g/mol. The lowest BCUT2D eigenvalue weighted by atomic mass is 10.00. The van der Waals surface area contributed by atoms with Gasteiger partial charge in [0.2, 0.25) is 0 Å².